The predicted molar refractivity (Wildman–Crippen MR) is 122 cm³/mol. The maximum Gasteiger partial charge on any atom is 0.251 e. The molecule has 0 radical (unpaired) electrons. The van der Waals surface area contributed by atoms with Crippen molar-refractivity contribution in [1.29, 1.82) is 0 Å². The van der Waals surface area contributed by atoms with E-state index >= 15 is 0 Å². The van der Waals surface area contributed by atoms with Crippen molar-refractivity contribution in [3.63, 3.8) is 0 Å². The largest absolute Gasteiger partial charge is 0.347 e. The van der Waals surface area contributed by atoms with Crippen LogP contribution in [0.4, 0.5) is 0 Å². The van der Waals surface area contributed by atoms with Crippen LogP contribution in [0.1, 0.15) is 88.9 Å². The number of carbonyl (C=O) groups is 2. The van der Waals surface area contributed by atoms with Crippen molar-refractivity contribution in [2.75, 3.05) is 0 Å². The van der Waals surface area contributed by atoms with E-state index in [1.807, 2.05) is 24.3 Å². The van der Waals surface area contributed by atoms with Crippen LogP contribution < -0.4 is 5.32 Å². The van der Waals surface area contributed by atoms with Gasteiger partial charge in [0.1, 0.15) is 5.78 Å². The summed E-state index contributed by atoms with van der Waals surface area (Å²) >= 11 is 3.46. The van der Waals surface area contributed by atoms with Gasteiger partial charge in [0.05, 0.1) is 0 Å². The van der Waals surface area contributed by atoms with E-state index in [1.165, 1.54) is 12.8 Å². The molecule has 0 aromatic heterocycles. The van der Waals surface area contributed by atoms with E-state index in [-0.39, 0.29) is 27.7 Å². The molecular formula is C26H34BrNO2. The van der Waals surface area contributed by atoms with Crippen LogP contribution in [0.25, 0.3) is 0 Å². The molecule has 4 aliphatic carbocycles. The van der Waals surface area contributed by atoms with Gasteiger partial charge >= 0.3 is 0 Å². The predicted octanol–water partition coefficient (Wildman–Crippen LogP) is 6.30. The molecule has 0 saturated heterocycles. The van der Waals surface area contributed by atoms with Gasteiger partial charge in [0.25, 0.3) is 5.91 Å². The first-order valence-corrected chi connectivity index (χ1v) is 12.5. The van der Waals surface area contributed by atoms with Crippen molar-refractivity contribution in [2.45, 2.75) is 84.1 Å². The molecule has 2 bridgehead atoms. The second kappa shape index (κ2) is 6.67. The summed E-state index contributed by atoms with van der Waals surface area (Å²) in [7, 11) is 0. The summed E-state index contributed by atoms with van der Waals surface area (Å²) in [4.78, 5) is 26.0. The van der Waals surface area contributed by atoms with E-state index in [1.54, 1.807) is 0 Å². The van der Waals surface area contributed by atoms with Gasteiger partial charge in [-0.1, -0.05) is 36.2 Å². The summed E-state index contributed by atoms with van der Waals surface area (Å²) in [5.74, 6) is 1.66. The molecule has 3 nitrogen and oxygen atoms in total. The van der Waals surface area contributed by atoms with E-state index in [9.17, 15) is 9.59 Å². The Hall–Kier alpha value is -1.16. The molecule has 0 unspecified atom stereocenters. The lowest BCUT2D eigenvalue weighted by Crippen LogP contribution is -2.64. The highest BCUT2D eigenvalue weighted by Crippen LogP contribution is 2.71. The number of nitrogens with one attached hydrogen (secondary N) is 1. The fourth-order valence-electron chi connectivity index (χ4n) is 8.59. The molecule has 1 spiro atoms. The first kappa shape index (κ1) is 20.7. The van der Waals surface area contributed by atoms with E-state index in [0.29, 0.717) is 17.6 Å². The third kappa shape index (κ3) is 2.88. The Labute approximate surface area is 188 Å². The molecule has 5 rings (SSSR count). The molecule has 0 heterocycles. The Balaban J connectivity index is 1.43. The van der Waals surface area contributed by atoms with E-state index in [2.05, 4.69) is 42.0 Å². The van der Waals surface area contributed by atoms with Gasteiger partial charge < -0.3 is 5.32 Å². The number of carbonyl (C=O) groups excluding carboxylic acids is 2. The number of amides is 1. The minimum atomic E-state index is -0.178. The van der Waals surface area contributed by atoms with Crippen molar-refractivity contribution in [3.05, 3.63) is 34.3 Å². The number of fused-ring (bicyclic) bond motifs is 3. The van der Waals surface area contributed by atoms with Crippen molar-refractivity contribution >= 4 is 27.6 Å². The number of hydrogen-bond donors (Lipinski definition) is 1. The van der Waals surface area contributed by atoms with Crippen molar-refractivity contribution in [3.8, 4) is 0 Å². The second-order valence-electron chi connectivity index (χ2n) is 11.6. The Morgan fingerprint density at radius 3 is 2.43 bits per heavy atom. The van der Waals surface area contributed by atoms with Crippen LogP contribution in [0.5, 0.6) is 0 Å². The number of rotatable bonds is 2. The van der Waals surface area contributed by atoms with Crippen LogP contribution in [0.15, 0.2) is 28.7 Å². The van der Waals surface area contributed by atoms with Gasteiger partial charge in [-0.3, -0.25) is 9.59 Å². The van der Waals surface area contributed by atoms with Crippen LogP contribution in [0.2, 0.25) is 0 Å². The van der Waals surface area contributed by atoms with Crippen molar-refractivity contribution < 1.29 is 9.59 Å². The third-order valence-electron chi connectivity index (χ3n) is 9.86. The highest BCUT2D eigenvalue weighted by molar-refractivity contribution is 9.10. The summed E-state index contributed by atoms with van der Waals surface area (Å²) < 4.78 is 0.989. The Morgan fingerprint density at radius 2 is 1.70 bits per heavy atom. The second-order valence-corrected chi connectivity index (χ2v) is 12.5. The first-order valence-electron chi connectivity index (χ1n) is 11.7. The number of hydrogen-bond acceptors (Lipinski definition) is 2. The van der Waals surface area contributed by atoms with Crippen LogP contribution >= 0.6 is 15.9 Å². The van der Waals surface area contributed by atoms with Gasteiger partial charge in [-0.25, -0.2) is 0 Å². The lowest BCUT2D eigenvalue weighted by molar-refractivity contribution is -0.137. The van der Waals surface area contributed by atoms with Crippen LogP contribution in [0, 0.1) is 28.1 Å². The van der Waals surface area contributed by atoms with Crippen LogP contribution in [-0.2, 0) is 4.79 Å². The highest BCUT2D eigenvalue weighted by Gasteiger charge is 2.67. The number of benzene rings is 1. The number of halogens is 1. The fourth-order valence-corrected chi connectivity index (χ4v) is 8.85. The van der Waals surface area contributed by atoms with Crippen LogP contribution in [0.3, 0.4) is 0 Å². The molecule has 4 aliphatic rings. The van der Waals surface area contributed by atoms with Gasteiger partial charge in [-0.2, -0.15) is 0 Å². The van der Waals surface area contributed by atoms with Crippen molar-refractivity contribution in [2.24, 2.45) is 28.1 Å². The van der Waals surface area contributed by atoms with Gasteiger partial charge in [0.2, 0.25) is 0 Å². The minimum absolute atomic E-state index is 0.0433. The maximum absolute atomic E-state index is 13.1. The smallest absolute Gasteiger partial charge is 0.251 e. The van der Waals surface area contributed by atoms with Gasteiger partial charge in [0.15, 0.2) is 0 Å². The minimum Gasteiger partial charge on any atom is -0.347 e. The molecule has 162 valence electrons. The zero-order chi connectivity index (χ0) is 21.4. The number of Topliss-reactive ketones (excluding diaryl/α,β-unsaturated/α-hetero) is 1. The fraction of sp³-hybridized carbons (Fsp3) is 0.692. The summed E-state index contributed by atoms with van der Waals surface area (Å²) in [5.41, 5.74) is 0.928. The molecular weight excluding hydrogens is 438 g/mol. The van der Waals surface area contributed by atoms with E-state index in [0.717, 1.165) is 55.0 Å². The Bertz CT molecular complexity index is 897. The lowest BCUT2D eigenvalue weighted by Gasteiger charge is -2.64. The molecule has 1 aromatic rings. The summed E-state index contributed by atoms with van der Waals surface area (Å²) in [6.45, 7) is 7.01. The van der Waals surface area contributed by atoms with Gasteiger partial charge in [-0.15, -0.1) is 0 Å². The van der Waals surface area contributed by atoms with Crippen LogP contribution in [-0.4, -0.2) is 17.2 Å². The molecule has 4 fully saturated rings. The monoisotopic (exact) mass is 471 g/mol. The molecule has 1 aromatic carbocycles. The van der Waals surface area contributed by atoms with E-state index in [4.69, 9.17) is 0 Å². The molecule has 6 atom stereocenters. The molecule has 4 heteroatoms. The third-order valence-corrected chi connectivity index (χ3v) is 10.4. The normalized spacial score (nSPS) is 44.9. The maximum atomic E-state index is 13.1. The lowest BCUT2D eigenvalue weighted by atomic mass is 9.41. The van der Waals surface area contributed by atoms with Gasteiger partial charge in [0, 0.05) is 27.4 Å². The average molecular weight is 472 g/mol. The molecule has 30 heavy (non-hydrogen) atoms. The molecule has 1 N–H and O–H groups in total. The quantitative estimate of drug-likeness (QED) is 0.549. The first-order chi connectivity index (χ1) is 14.1. The zero-order valence-corrected chi connectivity index (χ0v) is 20.1. The highest BCUT2D eigenvalue weighted by atomic mass is 79.9. The average Bonchev–Trinajstić information content (AvgIpc) is 2.85. The van der Waals surface area contributed by atoms with Crippen molar-refractivity contribution in [1.82, 2.24) is 5.32 Å². The Kier molecular flexibility index (Phi) is 4.61. The summed E-state index contributed by atoms with van der Waals surface area (Å²) in [6.07, 6.45) is 9.88. The molecule has 0 aliphatic heterocycles. The topological polar surface area (TPSA) is 46.2 Å². The summed E-state index contributed by atoms with van der Waals surface area (Å²) in [6, 6.07) is 7.66. The molecule has 4 saturated carbocycles. The Morgan fingerprint density at radius 1 is 1.00 bits per heavy atom. The SMILES string of the molecule is C[C@@]12CC[C@@H]3[C@@](CC[C@H]4[C@@]3(C)CCC[C@@]4(C)NC(=O)c3ccc(Br)cc3)(CC1=O)C2. The molecule has 1 amide bonds. The van der Waals surface area contributed by atoms with E-state index < -0.39 is 0 Å². The standard InChI is InChI=1S/C26H34BrNO2/c1-23-13-9-20-24(2)11-4-12-25(3,28-22(30)17-5-7-18(27)8-6-17)19(24)10-14-26(20,16-23)15-21(23)29/h5-8,19-20H,4,9-16H2,1-3H3,(H,28,30)/t19-,20-,23-,24+,25+,26-/m0/s1. The zero-order valence-electron chi connectivity index (χ0n) is 18.5. The van der Waals surface area contributed by atoms with Gasteiger partial charge in [-0.05, 0) is 98.8 Å². The summed E-state index contributed by atoms with van der Waals surface area (Å²) in [5, 5.41) is 3.49. The number of ketones is 1.